The summed E-state index contributed by atoms with van der Waals surface area (Å²) in [5.41, 5.74) is 5.75. The van der Waals surface area contributed by atoms with Crippen LogP contribution in [0.25, 0.3) is 0 Å². The number of carbonyl (C=O) groups is 1. The Labute approximate surface area is 80.1 Å². The highest BCUT2D eigenvalue weighted by molar-refractivity contribution is 5.82. The highest BCUT2D eigenvalue weighted by Gasteiger charge is 2.34. The maximum absolute atomic E-state index is 11.5. The Balaban J connectivity index is 2.31. The lowest BCUT2D eigenvalue weighted by molar-refractivity contribution is -0.125. The minimum atomic E-state index is -0.317. The first-order valence-electron chi connectivity index (χ1n) is 5.15. The third-order valence-electron chi connectivity index (χ3n) is 2.82. The van der Waals surface area contributed by atoms with Crippen molar-refractivity contribution in [2.24, 2.45) is 5.73 Å². The minimum Gasteiger partial charge on any atom is -0.350 e. The predicted molar refractivity (Wildman–Crippen MR) is 53.3 cm³/mol. The average molecular weight is 184 g/mol. The van der Waals surface area contributed by atoms with E-state index in [9.17, 15) is 4.79 Å². The number of hydrogen-bond donors (Lipinski definition) is 2. The topological polar surface area (TPSA) is 55.1 Å². The molecule has 1 atom stereocenters. The van der Waals surface area contributed by atoms with E-state index in [-0.39, 0.29) is 17.5 Å². The molecular weight excluding hydrogens is 164 g/mol. The number of nitrogens with one attached hydrogen (secondary N) is 1. The van der Waals surface area contributed by atoms with Crippen LogP contribution in [0.2, 0.25) is 0 Å². The summed E-state index contributed by atoms with van der Waals surface area (Å²) in [6.45, 7) is 4.13. The fourth-order valence-electron chi connectivity index (χ4n) is 1.66. The number of hydrogen-bond acceptors (Lipinski definition) is 2. The molecule has 1 aliphatic rings. The van der Waals surface area contributed by atoms with Crippen LogP contribution in [0.3, 0.4) is 0 Å². The second-order valence-corrected chi connectivity index (χ2v) is 4.30. The standard InChI is InChI=1S/C10H20N2O/c1-3-5-8(11)9(13)12-10(2)6-4-7-10/h8H,3-7,11H2,1-2H3,(H,12,13)/t8-/m1/s1. The lowest BCUT2D eigenvalue weighted by atomic mass is 9.78. The third kappa shape index (κ3) is 2.69. The van der Waals surface area contributed by atoms with Crippen molar-refractivity contribution in [1.82, 2.24) is 5.32 Å². The molecule has 1 saturated carbocycles. The molecule has 0 aromatic heterocycles. The summed E-state index contributed by atoms with van der Waals surface area (Å²) in [6.07, 6.45) is 5.15. The summed E-state index contributed by atoms with van der Waals surface area (Å²) in [6, 6.07) is -0.317. The van der Waals surface area contributed by atoms with E-state index in [1.807, 2.05) is 6.92 Å². The average Bonchev–Trinajstić information content (AvgIpc) is 2.02. The second kappa shape index (κ2) is 4.09. The van der Waals surface area contributed by atoms with Gasteiger partial charge in [-0.1, -0.05) is 13.3 Å². The molecule has 1 fully saturated rings. The zero-order valence-corrected chi connectivity index (χ0v) is 8.60. The van der Waals surface area contributed by atoms with Crippen LogP contribution in [0.5, 0.6) is 0 Å². The molecule has 76 valence electrons. The lowest BCUT2D eigenvalue weighted by Gasteiger charge is -2.39. The van der Waals surface area contributed by atoms with E-state index < -0.39 is 0 Å². The summed E-state index contributed by atoms with van der Waals surface area (Å²) in [4.78, 5) is 11.5. The van der Waals surface area contributed by atoms with Crippen molar-refractivity contribution in [1.29, 1.82) is 0 Å². The van der Waals surface area contributed by atoms with Crippen molar-refractivity contribution in [3.63, 3.8) is 0 Å². The van der Waals surface area contributed by atoms with Crippen LogP contribution in [0.1, 0.15) is 46.0 Å². The Morgan fingerprint density at radius 3 is 2.62 bits per heavy atom. The van der Waals surface area contributed by atoms with E-state index in [2.05, 4.69) is 12.2 Å². The summed E-state index contributed by atoms with van der Waals surface area (Å²) in [7, 11) is 0. The van der Waals surface area contributed by atoms with Gasteiger partial charge in [0, 0.05) is 5.54 Å². The van der Waals surface area contributed by atoms with E-state index in [1.165, 1.54) is 6.42 Å². The monoisotopic (exact) mass is 184 g/mol. The van der Waals surface area contributed by atoms with E-state index in [4.69, 9.17) is 5.73 Å². The van der Waals surface area contributed by atoms with Gasteiger partial charge in [0.15, 0.2) is 0 Å². The molecule has 1 rings (SSSR count). The van der Waals surface area contributed by atoms with Crippen LogP contribution < -0.4 is 11.1 Å². The molecule has 0 aromatic rings. The van der Waals surface area contributed by atoms with Gasteiger partial charge in [0.25, 0.3) is 0 Å². The first-order valence-corrected chi connectivity index (χ1v) is 5.15. The third-order valence-corrected chi connectivity index (χ3v) is 2.82. The quantitative estimate of drug-likeness (QED) is 0.689. The van der Waals surface area contributed by atoms with Crippen molar-refractivity contribution >= 4 is 5.91 Å². The minimum absolute atomic E-state index is 0.0176. The van der Waals surface area contributed by atoms with Crippen molar-refractivity contribution < 1.29 is 4.79 Å². The van der Waals surface area contributed by atoms with Crippen molar-refractivity contribution in [3.8, 4) is 0 Å². The summed E-state index contributed by atoms with van der Waals surface area (Å²) >= 11 is 0. The summed E-state index contributed by atoms with van der Waals surface area (Å²) in [5, 5.41) is 3.01. The van der Waals surface area contributed by atoms with Gasteiger partial charge in [0.05, 0.1) is 6.04 Å². The SMILES string of the molecule is CCC[C@@H](N)C(=O)NC1(C)CCC1. The van der Waals surface area contributed by atoms with Crippen molar-refractivity contribution in [3.05, 3.63) is 0 Å². The Morgan fingerprint density at radius 1 is 1.62 bits per heavy atom. The largest absolute Gasteiger partial charge is 0.350 e. The van der Waals surface area contributed by atoms with Crippen molar-refractivity contribution in [2.75, 3.05) is 0 Å². The molecule has 0 aromatic carbocycles. The first kappa shape index (κ1) is 10.5. The van der Waals surface area contributed by atoms with Gasteiger partial charge in [-0.25, -0.2) is 0 Å². The Morgan fingerprint density at radius 2 is 2.23 bits per heavy atom. The van der Waals surface area contributed by atoms with Crippen LogP contribution in [0.15, 0.2) is 0 Å². The van der Waals surface area contributed by atoms with Crippen LogP contribution in [0.4, 0.5) is 0 Å². The van der Waals surface area contributed by atoms with Gasteiger partial charge in [-0.05, 0) is 32.6 Å². The second-order valence-electron chi connectivity index (χ2n) is 4.30. The lowest BCUT2D eigenvalue weighted by Crippen LogP contribution is -2.55. The smallest absolute Gasteiger partial charge is 0.237 e. The van der Waals surface area contributed by atoms with Gasteiger partial charge in [-0.2, -0.15) is 0 Å². The van der Waals surface area contributed by atoms with E-state index >= 15 is 0 Å². The Kier molecular flexibility index (Phi) is 3.31. The van der Waals surface area contributed by atoms with Crippen LogP contribution >= 0.6 is 0 Å². The molecule has 3 nitrogen and oxygen atoms in total. The number of carbonyl (C=O) groups excluding carboxylic acids is 1. The summed E-state index contributed by atoms with van der Waals surface area (Å²) in [5.74, 6) is 0.0176. The molecule has 3 N–H and O–H groups in total. The molecule has 0 saturated heterocycles. The van der Waals surface area contributed by atoms with Gasteiger partial charge in [0.2, 0.25) is 5.91 Å². The molecule has 0 bridgehead atoms. The maximum atomic E-state index is 11.5. The first-order chi connectivity index (χ1) is 6.07. The van der Waals surface area contributed by atoms with Gasteiger partial charge in [-0.15, -0.1) is 0 Å². The molecule has 1 amide bonds. The molecular formula is C10H20N2O. The number of nitrogens with two attached hydrogens (primary N) is 1. The van der Waals surface area contributed by atoms with Gasteiger partial charge < -0.3 is 11.1 Å². The molecule has 0 aliphatic heterocycles. The van der Waals surface area contributed by atoms with Crippen LogP contribution in [-0.4, -0.2) is 17.5 Å². The van der Waals surface area contributed by atoms with Gasteiger partial charge in [-0.3, -0.25) is 4.79 Å². The number of rotatable bonds is 4. The van der Waals surface area contributed by atoms with Gasteiger partial charge >= 0.3 is 0 Å². The fraction of sp³-hybridized carbons (Fsp3) is 0.900. The zero-order valence-electron chi connectivity index (χ0n) is 8.60. The van der Waals surface area contributed by atoms with Crippen LogP contribution in [-0.2, 0) is 4.79 Å². The predicted octanol–water partition coefficient (Wildman–Crippen LogP) is 1.17. The van der Waals surface area contributed by atoms with E-state index in [1.54, 1.807) is 0 Å². The Bertz CT molecular complexity index is 187. The summed E-state index contributed by atoms with van der Waals surface area (Å²) < 4.78 is 0. The number of amides is 1. The molecule has 13 heavy (non-hydrogen) atoms. The maximum Gasteiger partial charge on any atom is 0.237 e. The normalized spacial score (nSPS) is 21.8. The van der Waals surface area contributed by atoms with Crippen molar-refractivity contribution in [2.45, 2.75) is 57.5 Å². The van der Waals surface area contributed by atoms with Crippen LogP contribution in [0, 0.1) is 0 Å². The molecule has 0 radical (unpaired) electrons. The molecule has 0 heterocycles. The highest BCUT2D eigenvalue weighted by Crippen LogP contribution is 2.30. The van der Waals surface area contributed by atoms with E-state index in [0.29, 0.717) is 0 Å². The zero-order chi connectivity index (χ0) is 9.90. The Hall–Kier alpha value is -0.570. The van der Waals surface area contributed by atoms with Gasteiger partial charge in [0.1, 0.15) is 0 Å². The molecule has 0 spiro atoms. The molecule has 1 aliphatic carbocycles. The highest BCUT2D eigenvalue weighted by atomic mass is 16.2. The van der Waals surface area contributed by atoms with E-state index in [0.717, 1.165) is 25.7 Å². The molecule has 0 unspecified atom stereocenters. The molecule has 3 heteroatoms. The fourth-order valence-corrected chi connectivity index (χ4v) is 1.66.